The maximum atomic E-state index is 5.53. The quantitative estimate of drug-likeness (QED) is 0.878. The highest BCUT2D eigenvalue weighted by atomic mass is 16.5. The third kappa shape index (κ3) is 1.70. The number of hydrogen-bond donors (Lipinski definition) is 1. The van der Waals surface area contributed by atoms with Gasteiger partial charge in [0.25, 0.3) is 0 Å². The summed E-state index contributed by atoms with van der Waals surface area (Å²) in [5, 5.41) is 4.73. The van der Waals surface area contributed by atoms with E-state index in [2.05, 4.69) is 42.1 Å². The molecule has 2 aromatic rings. The highest BCUT2D eigenvalue weighted by Crippen LogP contribution is 2.33. The van der Waals surface area contributed by atoms with Gasteiger partial charge in [-0.1, -0.05) is 0 Å². The summed E-state index contributed by atoms with van der Waals surface area (Å²) in [4.78, 5) is 0. The van der Waals surface area contributed by atoms with Gasteiger partial charge in [-0.2, -0.15) is 0 Å². The monoisotopic (exact) mass is 244 g/mol. The Bertz CT molecular complexity index is 580. The molecule has 18 heavy (non-hydrogen) atoms. The SMILES string of the molecule is COc1cc(C)cc2cc(C3CCNC3)n(C)c12. The minimum Gasteiger partial charge on any atom is -0.495 e. The van der Waals surface area contributed by atoms with E-state index in [4.69, 9.17) is 4.74 Å². The lowest BCUT2D eigenvalue weighted by Crippen LogP contribution is -2.10. The number of nitrogens with zero attached hydrogens (tertiary/aromatic N) is 1. The average molecular weight is 244 g/mol. The molecule has 3 nitrogen and oxygen atoms in total. The summed E-state index contributed by atoms with van der Waals surface area (Å²) in [6.07, 6.45) is 1.23. The zero-order chi connectivity index (χ0) is 12.7. The Morgan fingerprint density at radius 2 is 2.17 bits per heavy atom. The number of hydrogen-bond acceptors (Lipinski definition) is 2. The first-order chi connectivity index (χ1) is 8.70. The molecular weight excluding hydrogens is 224 g/mol. The maximum Gasteiger partial charge on any atom is 0.143 e. The fourth-order valence-electron chi connectivity index (χ4n) is 3.08. The van der Waals surface area contributed by atoms with E-state index >= 15 is 0 Å². The molecule has 1 aromatic heterocycles. The molecule has 1 fully saturated rings. The number of aryl methyl sites for hydroxylation is 2. The third-order valence-electron chi connectivity index (χ3n) is 3.97. The van der Waals surface area contributed by atoms with Gasteiger partial charge in [0, 0.05) is 30.6 Å². The van der Waals surface area contributed by atoms with E-state index in [1.807, 2.05) is 0 Å². The van der Waals surface area contributed by atoms with Crippen molar-refractivity contribution < 1.29 is 4.74 Å². The molecule has 1 aromatic carbocycles. The van der Waals surface area contributed by atoms with Crippen LogP contribution < -0.4 is 10.1 Å². The van der Waals surface area contributed by atoms with Gasteiger partial charge in [-0.15, -0.1) is 0 Å². The van der Waals surface area contributed by atoms with Gasteiger partial charge in [0.1, 0.15) is 5.75 Å². The lowest BCUT2D eigenvalue weighted by atomic mass is 10.0. The first-order valence-corrected chi connectivity index (χ1v) is 6.55. The molecule has 0 radical (unpaired) electrons. The van der Waals surface area contributed by atoms with Crippen LogP contribution in [-0.2, 0) is 7.05 Å². The van der Waals surface area contributed by atoms with Gasteiger partial charge in [0.2, 0.25) is 0 Å². The largest absolute Gasteiger partial charge is 0.495 e. The van der Waals surface area contributed by atoms with Crippen LogP contribution in [0.2, 0.25) is 0 Å². The second-order valence-corrected chi connectivity index (χ2v) is 5.22. The molecule has 3 rings (SSSR count). The van der Waals surface area contributed by atoms with Crippen molar-refractivity contribution in [3.8, 4) is 5.75 Å². The van der Waals surface area contributed by atoms with E-state index in [-0.39, 0.29) is 0 Å². The summed E-state index contributed by atoms with van der Waals surface area (Å²) >= 11 is 0. The number of nitrogens with one attached hydrogen (secondary N) is 1. The normalized spacial score (nSPS) is 19.6. The highest BCUT2D eigenvalue weighted by molar-refractivity contribution is 5.88. The third-order valence-corrected chi connectivity index (χ3v) is 3.97. The molecule has 2 heterocycles. The number of benzene rings is 1. The molecule has 0 aliphatic carbocycles. The summed E-state index contributed by atoms with van der Waals surface area (Å²) < 4.78 is 7.83. The van der Waals surface area contributed by atoms with Crippen LogP contribution in [0.4, 0.5) is 0 Å². The first kappa shape index (κ1) is 11.6. The molecule has 0 amide bonds. The van der Waals surface area contributed by atoms with Gasteiger partial charge in [-0.25, -0.2) is 0 Å². The Morgan fingerprint density at radius 1 is 1.33 bits per heavy atom. The van der Waals surface area contributed by atoms with Gasteiger partial charge in [-0.05, 0) is 43.7 Å². The van der Waals surface area contributed by atoms with Gasteiger partial charge >= 0.3 is 0 Å². The number of ether oxygens (including phenoxy) is 1. The highest BCUT2D eigenvalue weighted by Gasteiger charge is 2.21. The Labute approximate surface area is 108 Å². The Balaban J connectivity index is 2.20. The molecule has 1 atom stereocenters. The molecule has 1 aliphatic heterocycles. The van der Waals surface area contributed by atoms with Crippen LogP contribution in [0.15, 0.2) is 18.2 Å². The van der Waals surface area contributed by atoms with Gasteiger partial charge in [0.15, 0.2) is 0 Å². The Kier molecular flexibility index (Phi) is 2.78. The molecule has 3 heteroatoms. The van der Waals surface area contributed by atoms with Crippen molar-refractivity contribution >= 4 is 10.9 Å². The summed E-state index contributed by atoms with van der Waals surface area (Å²) in [6.45, 7) is 4.33. The lowest BCUT2D eigenvalue weighted by Gasteiger charge is -2.11. The van der Waals surface area contributed by atoms with Crippen LogP contribution in [0.1, 0.15) is 23.6 Å². The minimum absolute atomic E-state index is 0.632. The van der Waals surface area contributed by atoms with Crippen LogP contribution in [0.5, 0.6) is 5.75 Å². The second kappa shape index (κ2) is 4.32. The molecule has 1 aliphatic rings. The molecule has 0 saturated carbocycles. The predicted octanol–water partition coefficient (Wildman–Crippen LogP) is 2.57. The van der Waals surface area contributed by atoms with E-state index in [9.17, 15) is 0 Å². The molecule has 0 bridgehead atoms. The number of methoxy groups -OCH3 is 1. The van der Waals surface area contributed by atoms with Crippen molar-refractivity contribution in [3.63, 3.8) is 0 Å². The summed E-state index contributed by atoms with van der Waals surface area (Å²) in [7, 11) is 3.89. The molecule has 1 unspecified atom stereocenters. The van der Waals surface area contributed by atoms with Crippen molar-refractivity contribution in [3.05, 3.63) is 29.5 Å². The Morgan fingerprint density at radius 3 is 2.83 bits per heavy atom. The minimum atomic E-state index is 0.632. The van der Waals surface area contributed by atoms with E-state index in [1.165, 1.54) is 28.6 Å². The Hall–Kier alpha value is -1.48. The first-order valence-electron chi connectivity index (χ1n) is 6.55. The summed E-state index contributed by atoms with van der Waals surface area (Å²) in [6, 6.07) is 6.67. The molecule has 1 N–H and O–H groups in total. The van der Waals surface area contributed by atoms with Crippen LogP contribution >= 0.6 is 0 Å². The standard InChI is InChI=1S/C15H20N2O/c1-10-6-12-8-13(11-4-5-16-9-11)17(2)15(12)14(7-10)18-3/h6-8,11,16H,4-5,9H2,1-3H3. The van der Waals surface area contributed by atoms with Crippen LogP contribution in [0.3, 0.4) is 0 Å². The lowest BCUT2D eigenvalue weighted by molar-refractivity contribution is 0.417. The number of fused-ring (bicyclic) bond motifs is 1. The van der Waals surface area contributed by atoms with Crippen molar-refractivity contribution in [1.29, 1.82) is 0 Å². The molecule has 1 saturated heterocycles. The van der Waals surface area contributed by atoms with Crippen molar-refractivity contribution in [2.45, 2.75) is 19.3 Å². The van der Waals surface area contributed by atoms with Crippen molar-refractivity contribution in [2.75, 3.05) is 20.2 Å². The van der Waals surface area contributed by atoms with Crippen LogP contribution in [0, 0.1) is 6.92 Å². The number of aromatic nitrogens is 1. The van der Waals surface area contributed by atoms with Crippen LogP contribution in [0.25, 0.3) is 10.9 Å². The predicted molar refractivity (Wildman–Crippen MR) is 74.4 cm³/mol. The summed E-state index contributed by atoms with van der Waals surface area (Å²) in [5.41, 5.74) is 3.88. The maximum absolute atomic E-state index is 5.53. The van der Waals surface area contributed by atoms with E-state index in [1.54, 1.807) is 7.11 Å². The van der Waals surface area contributed by atoms with Gasteiger partial charge < -0.3 is 14.6 Å². The van der Waals surface area contributed by atoms with E-state index in [0.29, 0.717) is 5.92 Å². The summed E-state index contributed by atoms with van der Waals surface area (Å²) in [5.74, 6) is 1.61. The fraction of sp³-hybridized carbons (Fsp3) is 0.467. The van der Waals surface area contributed by atoms with Crippen molar-refractivity contribution in [1.82, 2.24) is 9.88 Å². The smallest absolute Gasteiger partial charge is 0.143 e. The topological polar surface area (TPSA) is 26.2 Å². The average Bonchev–Trinajstić information content (AvgIpc) is 2.96. The van der Waals surface area contributed by atoms with Gasteiger partial charge in [-0.3, -0.25) is 0 Å². The molecular formula is C15H20N2O. The molecule has 0 spiro atoms. The van der Waals surface area contributed by atoms with Crippen LogP contribution in [-0.4, -0.2) is 24.8 Å². The zero-order valence-corrected chi connectivity index (χ0v) is 11.3. The fourth-order valence-corrected chi connectivity index (χ4v) is 3.08. The van der Waals surface area contributed by atoms with Crippen molar-refractivity contribution in [2.24, 2.45) is 7.05 Å². The van der Waals surface area contributed by atoms with Gasteiger partial charge in [0.05, 0.1) is 12.6 Å². The zero-order valence-electron chi connectivity index (χ0n) is 11.3. The second-order valence-electron chi connectivity index (χ2n) is 5.22. The van der Waals surface area contributed by atoms with E-state index in [0.717, 1.165) is 18.8 Å². The number of rotatable bonds is 2. The molecule has 96 valence electrons. The van der Waals surface area contributed by atoms with E-state index < -0.39 is 0 Å².